The Hall–Kier alpha value is -0.590. The van der Waals surface area contributed by atoms with E-state index in [-0.39, 0.29) is 8.15 Å². The fourth-order valence-electron chi connectivity index (χ4n) is 2.45. The Bertz CT molecular complexity index is 344. The van der Waals surface area contributed by atoms with Gasteiger partial charge in [0.15, 0.2) is 0 Å². The van der Waals surface area contributed by atoms with Gasteiger partial charge >= 0.3 is 0 Å². The molecule has 100 valence electrons. The molecule has 0 heterocycles. The highest BCUT2D eigenvalue weighted by molar-refractivity contribution is 7.50. The summed E-state index contributed by atoms with van der Waals surface area (Å²) in [5, 5.41) is 0. The van der Waals surface area contributed by atoms with Gasteiger partial charge in [-0.3, -0.25) is 0 Å². The largest absolute Gasteiger partial charge is 0.497 e. The number of methoxy groups -OCH3 is 1. The van der Waals surface area contributed by atoms with Crippen LogP contribution < -0.4 is 4.74 Å². The molecule has 0 saturated heterocycles. The minimum Gasteiger partial charge on any atom is -0.497 e. The zero-order chi connectivity index (χ0) is 12.8. The van der Waals surface area contributed by atoms with Gasteiger partial charge in [0.1, 0.15) is 5.75 Å². The van der Waals surface area contributed by atoms with Crippen LogP contribution in [0.1, 0.15) is 37.7 Å². The van der Waals surface area contributed by atoms with Crippen LogP contribution in [0.25, 0.3) is 0 Å². The standard InChI is InChI=1S/C15H23O2P/c1-16-14-10-8-13(9-11-14)12-18(2)17-15-6-4-3-5-7-15/h8-11,15H,3-7,12H2,1-2H3. The van der Waals surface area contributed by atoms with Crippen molar-refractivity contribution < 1.29 is 9.26 Å². The first kappa shape index (κ1) is 13.8. The monoisotopic (exact) mass is 266 g/mol. The van der Waals surface area contributed by atoms with E-state index in [1.807, 2.05) is 12.1 Å². The van der Waals surface area contributed by atoms with Crippen molar-refractivity contribution in [1.82, 2.24) is 0 Å². The Morgan fingerprint density at radius 3 is 2.39 bits per heavy atom. The zero-order valence-corrected chi connectivity index (χ0v) is 12.3. The Morgan fingerprint density at radius 2 is 1.78 bits per heavy atom. The van der Waals surface area contributed by atoms with E-state index in [0.29, 0.717) is 6.10 Å². The van der Waals surface area contributed by atoms with Crippen LogP contribution in [0.4, 0.5) is 0 Å². The second kappa shape index (κ2) is 7.11. The quantitative estimate of drug-likeness (QED) is 0.727. The van der Waals surface area contributed by atoms with Crippen molar-refractivity contribution in [3.05, 3.63) is 29.8 Å². The first-order valence-corrected chi connectivity index (χ1v) is 8.68. The summed E-state index contributed by atoms with van der Waals surface area (Å²) in [6, 6.07) is 8.34. The van der Waals surface area contributed by atoms with Gasteiger partial charge in [-0.05, 0) is 37.2 Å². The molecule has 1 aliphatic carbocycles. The molecular formula is C15H23O2P. The zero-order valence-electron chi connectivity index (χ0n) is 11.4. The van der Waals surface area contributed by atoms with Gasteiger partial charge in [0.05, 0.1) is 13.2 Å². The van der Waals surface area contributed by atoms with Gasteiger partial charge in [0, 0.05) is 14.3 Å². The SMILES string of the molecule is COc1ccc(CP(C)OC2CCCCC2)cc1. The third-order valence-electron chi connectivity index (χ3n) is 3.45. The van der Waals surface area contributed by atoms with Crippen LogP contribution in [0, 0.1) is 0 Å². The van der Waals surface area contributed by atoms with E-state index in [0.717, 1.165) is 11.9 Å². The van der Waals surface area contributed by atoms with Crippen molar-refractivity contribution in [1.29, 1.82) is 0 Å². The van der Waals surface area contributed by atoms with Crippen molar-refractivity contribution in [3.63, 3.8) is 0 Å². The molecule has 0 spiro atoms. The molecule has 2 nitrogen and oxygen atoms in total. The molecule has 1 unspecified atom stereocenters. The molecule has 1 aromatic carbocycles. The molecule has 1 fully saturated rings. The molecule has 0 aromatic heterocycles. The summed E-state index contributed by atoms with van der Waals surface area (Å²) in [7, 11) is 1.37. The molecular weight excluding hydrogens is 243 g/mol. The van der Waals surface area contributed by atoms with Crippen molar-refractivity contribution in [2.75, 3.05) is 13.8 Å². The van der Waals surface area contributed by atoms with Crippen LogP contribution in [0.2, 0.25) is 0 Å². The first-order valence-electron chi connectivity index (χ1n) is 6.79. The molecule has 1 aromatic rings. The molecule has 0 radical (unpaired) electrons. The number of rotatable bonds is 5. The van der Waals surface area contributed by atoms with E-state index in [9.17, 15) is 0 Å². The Balaban J connectivity index is 1.80. The van der Waals surface area contributed by atoms with Crippen LogP contribution in [0.15, 0.2) is 24.3 Å². The number of hydrogen-bond donors (Lipinski definition) is 0. The molecule has 0 amide bonds. The van der Waals surface area contributed by atoms with Crippen molar-refractivity contribution >= 4 is 8.15 Å². The van der Waals surface area contributed by atoms with Crippen LogP contribution >= 0.6 is 8.15 Å². The summed E-state index contributed by atoms with van der Waals surface area (Å²) < 4.78 is 11.4. The minimum atomic E-state index is -0.334. The molecule has 3 heteroatoms. The molecule has 2 rings (SSSR count). The van der Waals surface area contributed by atoms with E-state index < -0.39 is 0 Å². The average molecular weight is 266 g/mol. The maximum absolute atomic E-state index is 6.19. The van der Waals surface area contributed by atoms with Crippen molar-refractivity contribution in [3.8, 4) is 5.75 Å². The van der Waals surface area contributed by atoms with Crippen LogP contribution in [0.5, 0.6) is 5.75 Å². The third-order valence-corrected chi connectivity index (χ3v) is 4.91. The molecule has 18 heavy (non-hydrogen) atoms. The van der Waals surface area contributed by atoms with E-state index in [2.05, 4.69) is 18.8 Å². The maximum Gasteiger partial charge on any atom is 0.118 e. The summed E-state index contributed by atoms with van der Waals surface area (Å²) >= 11 is 0. The van der Waals surface area contributed by atoms with Gasteiger partial charge in [0.2, 0.25) is 0 Å². The average Bonchev–Trinajstić information content (AvgIpc) is 2.40. The van der Waals surface area contributed by atoms with Gasteiger partial charge < -0.3 is 9.26 Å². The molecule has 1 saturated carbocycles. The number of hydrogen-bond acceptors (Lipinski definition) is 2. The fraction of sp³-hybridized carbons (Fsp3) is 0.600. The summed E-state index contributed by atoms with van der Waals surface area (Å²) in [6.45, 7) is 2.24. The van der Waals surface area contributed by atoms with E-state index >= 15 is 0 Å². The van der Waals surface area contributed by atoms with E-state index in [1.165, 1.54) is 37.7 Å². The summed E-state index contributed by atoms with van der Waals surface area (Å²) in [6.07, 6.45) is 8.17. The molecule has 1 atom stereocenters. The predicted molar refractivity (Wildman–Crippen MR) is 77.5 cm³/mol. The normalized spacial score (nSPS) is 18.6. The summed E-state index contributed by atoms with van der Waals surface area (Å²) in [4.78, 5) is 0. The van der Waals surface area contributed by atoms with E-state index in [4.69, 9.17) is 9.26 Å². The second-order valence-corrected chi connectivity index (χ2v) is 6.78. The van der Waals surface area contributed by atoms with Gasteiger partial charge in [-0.1, -0.05) is 31.4 Å². The lowest BCUT2D eigenvalue weighted by Crippen LogP contribution is -2.14. The maximum atomic E-state index is 6.19. The predicted octanol–water partition coefficient (Wildman–Crippen LogP) is 4.57. The molecule has 0 aliphatic heterocycles. The summed E-state index contributed by atoms with van der Waals surface area (Å²) in [5.41, 5.74) is 1.35. The van der Waals surface area contributed by atoms with Gasteiger partial charge in [0.25, 0.3) is 0 Å². The lowest BCUT2D eigenvalue weighted by Gasteiger charge is -2.25. The highest BCUT2D eigenvalue weighted by Gasteiger charge is 2.16. The topological polar surface area (TPSA) is 18.5 Å². The highest BCUT2D eigenvalue weighted by atomic mass is 31.1. The Morgan fingerprint density at radius 1 is 1.11 bits per heavy atom. The molecule has 0 bridgehead atoms. The summed E-state index contributed by atoms with van der Waals surface area (Å²) in [5.74, 6) is 0.923. The van der Waals surface area contributed by atoms with Gasteiger partial charge in [-0.25, -0.2) is 0 Å². The fourth-order valence-corrected chi connectivity index (χ4v) is 3.97. The van der Waals surface area contributed by atoms with E-state index in [1.54, 1.807) is 7.11 Å². The Labute approximate surface area is 112 Å². The number of ether oxygens (including phenoxy) is 1. The smallest absolute Gasteiger partial charge is 0.118 e. The van der Waals surface area contributed by atoms with Crippen molar-refractivity contribution in [2.24, 2.45) is 0 Å². The van der Waals surface area contributed by atoms with Crippen LogP contribution in [-0.2, 0) is 10.7 Å². The first-order chi connectivity index (χ1) is 8.78. The molecule has 1 aliphatic rings. The second-order valence-electron chi connectivity index (χ2n) is 5.00. The van der Waals surface area contributed by atoms with Crippen LogP contribution in [-0.4, -0.2) is 19.9 Å². The minimum absolute atomic E-state index is 0.334. The van der Waals surface area contributed by atoms with Crippen LogP contribution in [0.3, 0.4) is 0 Å². The third kappa shape index (κ3) is 4.26. The highest BCUT2D eigenvalue weighted by Crippen LogP contribution is 2.41. The number of benzene rings is 1. The van der Waals surface area contributed by atoms with Gasteiger partial charge in [-0.15, -0.1) is 0 Å². The lowest BCUT2D eigenvalue weighted by atomic mass is 9.98. The van der Waals surface area contributed by atoms with Crippen molar-refractivity contribution in [2.45, 2.75) is 44.4 Å². The molecule has 0 N–H and O–H groups in total. The Kier molecular flexibility index (Phi) is 5.46. The van der Waals surface area contributed by atoms with Gasteiger partial charge in [-0.2, -0.15) is 0 Å². The lowest BCUT2D eigenvalue weighted by molar-refractivity contribution is 0.173.